The first-order chi connectivity index (χ1) is 17.7. The molecule has 0 bridgehead atoms. The highest BCUT2D eigenvalue weighted by Gasteiger charge is 2.28. The molecule has 0 radical (unpaired) electrons. The molecule has 1 aliphatic heterocycles. The Bertz CT molecular complexity index is 1300. The zero-order valence-electron chi connectivity index (χ0n) is 20.2. The lowest BCUT2D eigenvalue weighted by atomic mass is 9.81. The molecule has 0 spiro atoms. The van der Waals surface area contributed by atoms with Gasteiger partial charge in [0.2, 0.25) is 11.8 Å². The average Bonchev–Trinajstić information content (AvgIpc) is 3.65. The number of nitrogens with one attached hydrogen (secondary N) is 1. The molecule has 1 atom stereocenters. The van der Waals surface area contributed by atoms with E-state index in [1.54, 1.807) is 49.6 Å². The first kappa shape index (κ1) is 27.0. The SMILES string of the molecule is COc1nc(/C(=C/[C@H]2CCC(=O)N2)c2ccc(O)c(Cl)c2)ccc1C1CC1.OB(O)c1ccc(Cl)cc1. The van der Waals surface area contributed by atoms with Gasteiger partial charge in [0, 0.05) is 28.6 Å². The number of phenols is 1. The second-order valence-electron chi connectivity index (χ2n) is 8.95. The van der Waals surface area contributed by atoms with E-state index in [2.05, 4.69) is 11.4 Å². The number of rotatable bonds is 6. The van der Waals surface area contributed by atoms with E-state index in [0.717, 1.165) is 28.8 Å². The minimum Gasteiger partial charge on any atom is -0.506 e. The number of hydrogen-bond donors (Lipinski definition) is 4. The normalized spacial score (nSPS) is 17.1. The van der Waals surface area contributed by atoms with Crippen LogP contribution in [-0.2, 0) is 4.79 Å². The number of carbonyl (C=O) groups is 1. The first-order valence-electron chi connectivity index (χ1n) is 11.9. The van der Waals surface area contributed by atoms with Crippen molar-refractivity contribution < 1.29 is 24.7 Å². The van der Waals surface area contributed by atoms with Gasteiger partial charge in [-0.1, -0.05) is 53.5 Å². The van der Waals surface area contributed by atoms with Gasteiger partial charge in [0.15, 0.2) is 0 Å². The highest BCUT2D eigenvalue weighted by molar-refractivity contribution is 6.58. The van der Waals surface area contributed by atoms with Gasteiger partial charge in [-0.05, 0) is 66.5 Å². The Morgan fingerprint density at radius 2 is 1.81 bits per heavy atom. The molecule has 4 N–H and O–H groups in total. The molecule has 2 heterocycles. The third kappa shape index (κ3) is 7.05. The maximum atomic E-state index is 11.6. The highest BCUT2D eigenvalue weighted by atomic mass is 35.5. The lowest BCUT2D eigenvalue weighted by Gasteiger charge is -2.14. The summed E-state index contributed by atoms with van der Waals surface area (Å²) in [4.78, 5) is 16.3. The van der Waals surface area contributed by atoms with E-state index in [1.807, 2.05) is 12.1 Å². The van der Waals surface area contributed by atoms with Crippen molar-refractivity contribution in [3.05, 3.63) is 87.5 Å². The minimum absolute atomic E-state index is 0.0311. The first-order valence-corrected chi connectivity index (χ1v) is 12.7. The number of methoxy groups -OCH3 is 1. The summed E-state index contributed by atoms with van der Waals surface area (Å²) in [5.74, 6) is 1.25. The van der Waals surface area contributed by atoms with Crippen LogP contribution in [0.5, 0.6) is 11.6 Å². The van der Waals surface area contributed by atoms with Crippen molar-refractivity contribution in [3.63, 3.8) is 0 Å². The molecule has 10 heteroatoms. The van der Waals surface area contributed by atoms with Crippen LogP contribution in [0.4, 0.5) is 0 Å². The van der Waals surface area contributed by atoms with Gasteiger partial charge < -0.3 is 25.2 Å². The third-order valence-corrected chi connectivity index (χ3v) is 6.75. The van der Waals surface area contributed by atoms with E-state index in [9.17, 15) is 9.90 Å². The molecule has 2 fully saturated rings. The molecule has 2 aromatic carbocycles. The van der Waals surface area contributed by atoms with Gasteiger partial charge >= 0.3 is 7.12 Å². The van der Waals surface area contributed by atoms with Crippen LogP contribution in [-0.4, -0.2) is 46.3 Å². The molecule has 37 heavy (non-hydrogen) atoms. The molecule has 1 saturated heterocycles. The van der Waals surface area contributed by atoms with E-state index in [-0.39, 0.29) is 22.7 Å². The Morgan fingerprint density at radius 1 is 1.08 bits per heavy atom. The Balaban J connectivity index is 0.000000270. The van der Waals surface area contributed by atoms with Gasteiger partial charge in [0.05, 0.1) is 17.8 Å². The van der Waals surface area contributed by atoms with E-state index in [0.29, 0.717) is 28.7 Å². The number of carbonyl (C=O) groups excluding carboxylic acids is 1. The standard InChI is InChI=1S/C21H21ClN2O3.C6H6BClO2/c1-27-21-15(12-2-3-12)6-7-18(24-21)16(11-14-5-9-20(26)23-14)13-4-8-19(25)17(22)10-13;8-6-3-1-5(2-4-6)7(9)10/h4,6-8,10-12,14,25H,2-3,5,9H2,1H3,(H,23,26);1-4,9-10H/b16-11+;/t14-;/m1./s1. The van der Waals surface area contributed by atoms with Crippen molar-refractivity contribution in [2.45, 2.75) is 37.6 Å². The molecular weight excluding hydrogens is 514 g/mol. The fourth-order valence-electron chi connectivity index (χ4n) is 4.07. The second-order valence-corrected chi connectivity index (χ2v) is 9.80. The summed E-state index contributed by atoms with van der Waals surface area (Å²) in [6.45, 7) is 0. The maximum absolute atomic E-state index is 11.6. The number of phenolic OH excluding ortho intramolecular Hbond substituents is 1. The van der Waals surface area contributed by atoms with E-state index < -0.39 is 7.12 Å². The Labute approximate surface area is 225 Å². The smallest absolute Gasteiger partial charge is 0.488 e. The number of aromatic nitrogens is 1. The Hall–Kier alpha value is -3.04. The number of benzene rings is 2. The molecule has 1 aliphatic carbocycles. The highest BCUT2D eigenvalue weighted by Crippen LogP contribution is 2.44. The van der Waals surface area contributed by atoms with Crippen LogP contribution < -0.4 is 15.5 Å². The zero-order valence-corrected chi connectivity index (χ0v) is 21.7. The number of amides is 1. The number of ether oxygens (including phenoxy) is 1. The summed E-state index contributed by atoms with van der Waals surface area (Å²) in [6, 6.07) is 15.4. The van der Waals surface area contributed by atoms with Crippen LogP contribution in [0.3, 0.4) is 0 Å². The number of halogens is 2. The summed E-state index contributed by atoms with van der Waals surface area (Å²) in [5.41, 5.74) is 4.01. The topological polar surface area (TPSA) is 112 Å². The van der Waals surface area contributed by atoms with Gasteiger partial charge in [-0.15, -0.1) is 0 Å². The van der Waals surface area contributed by atoms with Gasteiger partial charge in [-0.25, -0.2) is 4.98 Å². The van der Waals surface area contributed by atoms with Gasteiger partial charge in [-0.3, -0.25) is 4.79 Å². The van der Waals surface area contributed by atoms with Crippen LogP contribution in [0.2, 0.25) is 10.0 Å². The van der Waals surface area contributed by atoms with E-state index in [4.69, 9.17) is 43.0 Å². The van der Waals surface area contributed by atoms with Crippen molar-refractivity contribution in [1.82, 2.24) is 10.3 Å². The van der Waals surface area contributed by atoms with Crippen LogP contribution in [0, 0.1) is 0 Å². The van der Waals surface area contributed by atoms with Crippen LogP contribution in [0.25, 0.3) is 5.57 Å². The molecular formula is C27H27BCl2N2O5. The number of aromatic hydroxyl groups is 1. The quantitative estimate of drug-likeness (QED) is 0.351. The number of nitrogens with zero attached hydrogens (tertiary/aromatic N) is 1. The van der Waals surface area contributed by atoms with E-state index >= 15 is 0 Å². The van der Waals surface area contributed by atoms with Gasteiger partial charge in [0.25, 0.3) is 0 Å². The lowest BCUT2D eigenvalue weighted by molar-refractivity contribution is -0.119. The van der Waals surface area contributed by atoms with Gasteiger partial charge in [0.1, 0.15) is 5.75 Å². The molecule has 1 saturated carbocycles. The van der Waals surface area contributed by atoms with E-state index in [1.165, 1.54) is 12.8 Å². The number of hydrogen-bond acceptors (Lipinski definition) is 6. The molecule has 2 aliphatic rings. The summed E-state index contributed by atoms with van der Waals surface area (Å²) in [7, 11) is 0.230. The predicted molar refractivity (Wildman–Crippen MR) is 145 cm³/mol. The zero-order chi connectivity index (χ0) is 26.5. The molecule has 0 unspecified atom stereocenters. The van der Waals surface area contributed by atoms with Crippen molar-refractivity contribution in [1.29, 1.82) is 0 Å². The minimum atomic E-state index is -1.41. The lowest BCUT2D eigenvalue weighted by Crippen LogP contribution is -2.29. The van der Waals surface area contributed by atoms with Crippen molar-refractivity contribution in [2.24, 2.45) is 0 Å². The number of pyridine rings is 1. The summed E-state index contributed by atoms with van der Waals surface area (Å²) in [5, 5.41) is 30.8. The van der Waals surface area contributed by atoms with Crippen molar-refractivity contribution in [2.75, 3.05) is 7.11 Å². The fraction of sp³-hybridized carbons (Fsp3) is 0.259. The third-order valence-electron chi connectivity index (χ3n) is 6.20. The maximum Gasteiger partial charge on any atom is 0.488 e. The predicted octanol–water partition coefficient (Wildman–Crippen LogP) is 4.06. The van der Waals surface area contributed by atoms with Crippen molar-refractivity contribution in [3.8, 4) is 11.6 Å². The molecule has 192 valence electrons. The summed E-state index contributed by atoms with van der Waals surface area (Å²) < 4.78 is 5.53. The van der Waals surface area contributed by atoms with Crippen LogP contribution in [0.15, 0.2) is 60.7 Å². The average molecular weight is 541 g/mol. The molecule has 3 aromatic rings. The summed E-state index contributed by atoms with van der Waals surface area (Å²) in [6.07, 6.45) is 5.60. The monoisotopic (exact) mass is 540 g/mol. The van der Waals surface area contributed by atoms with Gasteiger partial charge in [-0.2, -0.15) is 0 Å². The molecule has 1 aromatic heterocycles. The molecule has 1 amide bonds. The summed E-state index contributed by atoms with van der Waals surface area (Å²) >= 11 is 11.7. The Kier molecular flexibility index (Phi) is 8.77. The van der Waals surface area contributed by atoms with Crippen LogP contribution in [0.1, 0.15) is 48.4 Å². The van der Waals surface area contributed by atoms with Crippen molar-refractivity contribution >= 4 is 47.3 Å². The van der Waals surface area contributed by atoms with Crippen LogP contribution >= 0.6 is 23.2 Å². The molecule has 7 nitrogen and oxygen atoms in total. The Morgan fingerprint density at radius 3 is 2.38 bits per heavy atom. The largest absolute Gasteiger partial charge is 0.506 e. The molecule has 5 rings (SSSR count). The second kappa shape index (κ2) is 12.0. The fourth-order valence-corrected chi connectivity index (χ4v) is 4.38.